The van der Waals surface area contributed by atoms with Crippen LogP contribution in [0, 0.1) is 0 Å². The third-order valence-corrected chi connectivity index (χ3v) is 5.22. The molecule has 27 heavy (non-hydrogen) atoms. The Bertz CT molecular complexity index is 1010. The van der Waals surface area contributed by atoms with Gasteiger partial charge in [0.2, 0.25) is 0 Å². The molecule has 1 aromatic carbocycles. The summed E-state index contributed by atoms with van der Waals surface area (Å²) in [5.41, 5.74) is -0.179. The lowest BCUT2D eigenvalue weighted by atomic mass is 10.2. The van der Waals surface area contributed by atoms with Crippen LogP contribution in [0.2, 0.25) is 15.1 Å². The van der Waals surface area contributed by atoms with Crippen molar-refractivity contribution in [3.63, 3.8) is 0 Å². The molecule has 1 amide bonds. The van der Waals surface area contributed by atoms with Gasteiger partial charge in [-0.15, -0.1) is 0 Å². The molecule has 2 rings (SSSR count). The number of ether oxygens (including phenoxy) is 1. The van der Waals surface area contributed by atoms with Gasteiger partial charge in [-0.2, -0.15) is 0 Å². The highest BCUT2D eigenvalue weighted by Gasteiger charge is 2.23. The van der Waals surface area contributed by atoms with Crippen molar-refractivity contribution in [2.75, 3.05) is 11.6 Å². The fourth-order valence-corrected chi connectivity index (χ4v) is 3.16. The third-order valence-electron chi connectivity index (χ3n) is 3.29. The van der Waals surface area contributed by atoms with E-state index in [1.165, 1.54) is 31.3 Å². The van der Waals surface area contributed by atoms with E-state index in [0.717, 1.165) is 12.3 Å². The lowest BCUT2D eigenvalue weighted by molar-refractivity contribution is -0.123. The standard InChI is InChI=1S/C16H13Cl3N2O5S/c1-8(15(22)21-14-13(19)5-9(17)7-20-14)26-16(23)11-6-10(27(2,24)25)3-4-12(11)18/h3-8H,1-2H3,(H,20,21,22)/t8-/m0/s1. The van der Waals surface area contributed by atoms with E-state index >= 15 is 0 Å². The van der Waals surface area contributed by atoms with E-state index in [4.69, 9.17) is 39.5 Å². The zero-order valence-corrected chi connectivity index (χ0v) is 17.1. The van der Waals surface area contributed by atoms with Gasteiger partial charge in [0.05, 0.1) is 25.5 Å². The van der Waals surface area contributed by atoms with Gasteiger partial charge in [-0.25, -0.2) is 18.2 Å². The van der Waals surface area contributed by atoms with Crippen LogP contribution >= 0.6 is 34.8 Å². The van der Waals surface area contributed by atoms with Gasteiger partial charge in [0, 0.05) is 12.5 Å². The number of amides is 1. The number of nitrogens with one attached hydrogen (secondary N) is 1. The molecule has 1 heterocycles. The number of aromatic nitrogens is 1. The van der Waals surface area contributed by atoms with Gasteiger partial charge in [0.25, 0.3) is 5.91 Å². The van der Waals surface area contributed by atoms with E-state index in [2.05, 4.69) is 10.3 Å². The van der Waals surface area contributed by atoms with E-state index in [-0.39, 0.29) is 31.3 Å². The Balaban J connectivity index is 2.14. The smallest absolute Gasteiger partial charge is 0.340 e. The Labute approximate surface area is 170 Å². The van der Waals surface area contributed by atoms with Gasteiger partial charge >= 0.3 is 5.97 Å². The van der Waals surface area contributed by atoms with Crippen LogP contribution in [0.5, 0.6) is 0 Å². The van der Waals surface area contributed by atoms with Crippen molar-refractivity contribution in [3.8, 4) is 0 Å². The van der Waals surface area contributed by atoms with Crippen LogP contribution in [-0.2, 0) is 19.4 Å². The summed E-state index contributed by atoms with van der Waals surface area (Å²) < 4.78 is 28.3. The second-order valence-corrected chi connectivity index (χ2v) is 8.70. The number of carbonyl (C=O) groups excluding carboxylic acids is 2. The zero-order valence-electron chi connectivity index (χ0n) is 14.0. The molecule has 1 aromatic heterocycles. The molecule has 0 radical (unpaired) electrons. The number of benzene rings is 1. The molecular weight excluding hydrogens is 439 g/mol. The van der Waals surface area contributed by atoms with Gasteiger partial charge in [-0.1, -0.05) is 34.8 Å². The molecule has 1 N–H and O–H groups in total. The number of hydrogen-bond acceptors (Lipinski definition) is 6. The average Bonchev–Trinajstić information content (AvgIpc) is 2.56. The van der Waals surface area contributed by atoms with Crippen molar-refractivity contribution >= 4 is 62.3 Å². The number of pyridine rings is 1. The Morgan fingerprint density at radius 1 is 1.15 bits per heavy atom. The first-order chi connectivity index (χ1) is 12.5. The lowest BCUT2D eigenvalue weighted by Crippen LogP contribution is -2.30. The maximum Gasteiger partial charge on any atom is 0.340 e. The van der Waals surface area contributed by atoms with Crippen LogP contribution in [0.4, 0.5) is 5.82 Å². The molecule has 0 spiro atoms. The predicted octanol–water partition coefficient (Wildman–Crippen LogP) is 3.63. The summed E-state index contributed by atoms with van der Waals surface area (Å²) >= 11 is 17.6. The summed E-state index contributed by atoms with van der Waals surface area (Å²) in [5.74, 6) is -1.61. The van der Waals surface area contributed by atoms with Crippen LogP contribution in [-0.4, -0.2) is 37.6 Å². The van der Waals surface area contributed by atoms with E-state index in [1.54, 1.807) is 0 Å². The quantitative estimate of drug-likeness (QED) is 0.696. The third kappa shape index (κ3) is 5.55. The fourth-order valence-electron chi connectivity index (χ4n) is 1.89. The second-order valence-electron chi connectivity index (χ2n) is 5.43. The molecule has 0 bridgehead atoms. The molecule has 0 aliphatic heterocycles. The number of sulfone groups is 1. The SMILES string of the molecule is C[C@H](OC(=O)c1cc(S(C)(=O)=O)ccc1Cl)C(=O)Nc1ncc(Cl)cc1Cl. The number of halogens is 3. The Hall–Kier alpha value is -1.87. The highest BCUT2D eigenvalue weighted by Crippen LogP contribution is 2.24. The van der Waals surface area contributed by atoms with Crippen LogP contribution in [0.15, 0.2) is 35.4 Å². The first-order valence-corrected chi connectivity index (χ1v) is 10.3. The van der Waals surface area contributed by atoms with Crippen LogP contribution in [0.1, 0.15) is 17.3 Å². The maximum atomic E-state index is 12.3. The van der Waals surface area contributed by atoms with Crippen molar-refractivity contribution in [1.82, 2.24) is 4.98 Å². The summed E-state index contributed by atoms with van der Waals surface area (Å²) in [5, 5.41) is 2.79. The summed E-state index contributed by atoms with van der Waals surface area (Å²) in [7, 11) is -3.55. The maximum absolute atomic E-state index is 12.3. The van der Waals surface area contributed by atoms with Crippen molar-refractivity contribution in [1.29, 1.82) is 0 Å². The van der Waals surface area contributed by atoms with Crippen molar-refractivity contribution < 1.29 is 22.7 Å². The normalized spacial score (nSPS) is 12.3. The largest absolute Gasteiger partial charge is 0.449 e. The molecule has 0 unspecified atom stereocenters. The molecule has 7 nitrogen and oxygen atoms in total. The number of esters is 1. The minimum absolute atomic E-state index is 0.0116. The molecule has 0 aliphatic rings. The van der Waals surface area contributed by atoms with Gasteiger partial charge in [0.15, 0.2) is 21.8 Å². The van der Waals surface area contributed by atoms with Crippen LogP contribution < -0.4 is 5.32 Å². The highest BCUT2D eigenvalue weighted by atomic mass is 35.5. The van der Waals surface area contributed by atoms with E-state index in [9.17, 15) is 18.0 Å². The number of rotatable bonds is 5. The molecule has 0 fully saturated rings. The lowest BCUT2D eigenvalue weighted by Gasteiger charge is -2.14. The number of nitrogens with zero attached hydrogens (tertiary/aromatic N) is 1. The van der Waals surface area contributed by atoms with Gasteiger partial charge < -0.3 is 10.1 Å². The fraction of sp³-hybridized carbons (Fsp3) is 0.188. The highest BCUT2D eigenvalue weighted by molar-refractivity contribution is 7.90. The van der Waals surface area contributed by atoms with E-state index < -0.39 is 27.8 Å². The van der Waals surface area contributed by atoms with Crippen LogP contribution in [0.25, 0.3) is 0 Å². The first-order valence-electron chi connectivity index (χ1n) is 7.31. The van der Waals surface area contributed by atoms with Crippen molar-refractivity contribution in [2.24, 2.45) is 0 Å². The molecule has 0 saturated heterocycles. The van der Waals surface area contributed by atoms with Gasteiger partial charge in [-0.05, 0) is 31.2 Å². The van der Waals surface area contributed by atoms with Crippen LogP contribution in [0.3, 0.4) is 0 Å². The Morgan fingerprint density at radius 2 is 1.81 bits per heavy atom. The molecular formula is C16H13Cl3N2O5S. The van der Waals surface area contributed by atoms with Gasteiger partial charge in [0.1, 0.15) is 0 Å². The number of carbonyl (C=O) groups is 2. The van der Waals surface area contributed by atoms with E-state index in [0.29, 0.717) is 0 Å². The minimum Gasteiger partial charge on any atom is -0.449 e. The summed E-state index contributed by atoms with van der Waals surface area (Å²) in [6.07, 6.45) is 1.05. The number of hydrogen-bond donors (Lipinski definition) is 1. The monoisotopic (exact) mass is 450 g/mol. The molecule has 2 aromatic rings. The summed E-state index contributed by atoms with van der Waals surface area (Å²) in [4.78, 5) is 28.2. The predicted molar refractivity (Wildman–Crippen MR) is 102 cm³/mol. The molecule has 144 valence electrons. The number of anilines is 1. The van der Waals surface area contributed by atoms with Crippen molar-refractivity contribution in [3.05, 3.63) is 51.1 Å². The summed E-state index contributed by atoms with van der Waals surface area (Å²) in [6, 6.07) is 5.00. The molecule has 1 atom stereocenters. The Morgan fingerprint density at radius 3 is 2.41 bits per heavy atom. The van der Waals surface area contributed by atoms with Gasteiger partial charge in [-0.3, -0.25) is 4.79 Å². The second kappa shape index (κ2) is 8.43. The zero-order chi connectivity index (χ0) is 20.4. The minimum atomic E-state index is -3.55. The average molecular weight is 452 g/mol. The molecule has 0 aliphatic carbocycles. The van der Waals surface area contributed by atoms with Crippen molar-refractivity contribution in [2.45, 2.75) is 17.9 Å². The molecule has 11 heteroatoms. The Kier molecular flexibility index (Phi) is 6.69. The first kappa shape index (κ1) is 21.4. The molecule has 0 saturated carbocycles. The topological polar surface area (TPSA) is 102 Å². The summed E-state index contributed by atoms with van der Waals surface area (Å²) in [6.45, 7) is 1.32. The van der Waals surface area contributed by atoms with E-state index in [1.807, 2.05) is 0 Å².